The zero-order valence-electron chi connectivity index (χ0n) is 15.6. The van der Waals surface area contributed by atoms with E-state index in [1.54, 1.807) is 6.82 Å². The van der Waals surface area contributed by atoms with E-state index in [2.05, 4.69) is 17.5 Å². The first-order chi connectivity index (χ1) is 11.7. The fraction of sp³-hybridized carbons (Fsp3) is 0.846. The summed E-state index contributed by atoms with van der Waals surface area (Å²) in [5.74, 6) is -0.967. The van der Waals surface area contributed by atoms with Gasteiger partial charge in [-0.3, -0.25) is 10.2 Å². The Morgan fingerprint density at radius 2 is 2.00 bits per heavy atom. The number of quaternary nitrogens is 1. The molecule has 0 aromatic carbocycles. The Balaban J connectivity index is 4.51. The minimum Gasteiger partial charge on any atom is -0.557 e. The van der Waals surface area contributed by atoms with E-state index in [0.717, 1.165) is 32.4 Å². The molecule has 0 radical (unpaired) electrons. The molecule has 12 heteroatoms. The molecule has 0 aliphatic rings. The maximum Gasteiger partial charge on any atom is 0.374 e. The maximum absolute atomic E-state index is 11.2. The molecule has 0 saturated heterocycles. The van der Waals surface area contributed by atoms with Gasteiger partial charge >= 0.3 is 27.6 Å². The first-order valence-corrected chi connectivity index (χ1v) is 8.72. The second kappa shape index (κ2) is 13.2. The number of hydrogen-bond acceptors (Lipinski definition) is 7. The van der Waals surface area contributed by atoms with Crippen LogP contribution in [0.25, 0.3) is 0 Å². The molecule has 142 valence electrons. The highest BCUT2D eigenvalue weighted by molar-refractivity contribution is 6.46. The van der Waals surface area contributed by atoms with E-state index in [0.29, 0.717) is 31.4 Å². The van der Waals surface area contributed by atoms with Crippen molar-refractivity contribution in [3.8, 4) is 0 Å². The van der Waals surface area contributed by atoms with Crippen molar-refractivity contribution in [2.45, 2.75) is 38.8 Å². The van der Waals surface area contributed by atoms with E-state index in [1.807, 2.05) is 0 Å². The monoisotopic (exact) mass is 357 g/mol. The number of nitrogens with one attached hydrogen (secondary N) is 3. The van der Waals surface area contributed by atoms with Crippen molar-refractivity contribution in [3.05, 3.63) is 0 Å². The van der Waals surface area contributed by atoms with Crippen LogP contribution in [0.3, 0.4) is 0 Å². The van der Waals surface area contributed by atoms with Gasteiger partial charge in [0.15, 0.2) is 0 Å². The Kier molecular flexibility index (Phi) is 12.6. The van der Waals surface area contributed by atoms with Crippen LogP contribution in [0.2, 0.25) is 20.0 Å². The van der Waals surface area contributed by atoms with Gasteiger partial charge in [-0.2, -0.15) is 0 Å². The van der Waals surface area contributed by atoms with Crippen molar-refractivity contribution in [2.75, 3.05) is 33.2 Å². The predicted octanol–water partition coefficient (Wildman–Crippen LogP) is -1.54. The molecular formula is C13H32B3N4O5+. The summed E-state index contributed by atoms with van der Waals surface area (Å²) in [4.78, 5) is 11.2. The number of carbonyl (C=O) groups is 1. The van der Waals surface area contributed by atoms with E-state index in [4.69, 9.17) is 10.1 Å². The Morgan fingerprint density at radius 3 is 2.52 bits per heavy atom. The van der Waals surface area contributed by atoms with Crippen molar-refractivity contribution >= 4 is 34.0 Å². The average molecular weight is 357 g/mol. The van der Waals surface area contributed by atoms with Crippen LogP contribution in [0.5, 0.6) is 0 Å². The number of likely N-dealkylation sites (N-methyl/N-ethyl adjacent to an activating group) is 1. The van der Waals surface area contributed by atoms with E-state index < -0.39 is 26.1 Å². The van der Waals surface area contributed by atoms with Crippen LogP contribution in [0, 0.1) is 5.41 Å². The summed E-state index contributed by atoms with van der Waals surface area (Å²) in [5, 5.41) is 40.3. The molecule has 6 N–H and O–H groups in total. The third-order valence-corrected chi connectivity index (χ3v) is 4.07. The third kappa shape index (κ3) is 12.9. The Labute approximate surface area is 151 Å². The Bertz CT molecular complexity index is 393. The van der Waals surface area contributed by atoms with Gasteiger partial charge in [-0.15, -0.1) is 0 Å². The molecule has 0 bridgehead atoms. The first-order valence-electron chi connectivity index (χ1n) is 8.72. The molecule has 0 amide bonds. The molecule has 0 rings (SSSR count). The van der Waals surface area contributed by atoms with Crippen molar-refractivity contribution in [1.29, 1.82) is 5.41 Å². The third-order valence-electron chi connectivity index (χ3n) is 4.07. The highest BCUT2D eigenvalue weighted by Crippen LogP contribution is 2.09. The molecule has 2 atom stereocenters. The smallest absolute Gasteiger partial charge is 0.374 e. The normalized spacial score (nSPS) is 14.3. The lowest BCUT2D eigenvalue weighted by molar-refractivity contribution is -0.906. The van der Waals surface area contributed by atoms with Crippen LogP contribution in [0.4, 0.5) is 0 Å². The second-order valence-electron chi connectivity index (χ2n) is 6.64. The van der Waals surface area contributed by atoms with Crippen LogP contribution in [0.15, 0.2) is 0 Å². The molecule has 0 aliphatic carbocycles. The van der Waals surface area contributed by atoms with Crippen molar-refractivity contribution in [3.63, 3.8) is 0 Å². The fourth-order valence-corrected chi connectivity index (χ4v) is 2.71. The molecule has 0 fully saturated rings. The fourth-order valence-electron chi connectivity index (χ4n) is 2.71. The first kappa shape index (κ1) is 23.9. The molecule has 0 heterocycles. The van der Waals surface area contributed by atoms with Gasteiger partial charge in [-0.05, 0) is 26.5 Å². The van der Waals surface area contributed by atoms with Gasteiger partial charge in [0, 0.05) is 12.9 Å². The second-order valence-corrected chi connectivity index (χ2v) is 6.64. The van der Waals surface area contributed by atoms with Gasteiger partial charge in [0.2, 0.25) is 0 Å². The van der Waals surface area contributed by atoms with E-state index in [9.17, 15) is 19.9 Å². The molecule has 1 unspecified atom stereocenters. The largest absolute Gasteiger partial charge is 0.557 e. The Morgan fingerprint density at radius 1 is 1.32 bits per heavy atom. The number of rotatable bonds is 16. The highest BCUT2D eigenvalue weighted by atomic mass is 16.4. The average Bonchev–Trinajstić information content (AvgIpc) is 2.50. The van der Waals surface area contributed by atoms with Gasteiger partial charge in [0.1, 0.15) is 6.40 Å². The zero-order chi connectivity index (χ0) is 19.3. The highest BCUT2D eigenvalue weighted by Gasteiger charge is 2.25. The summed E-state index contributed by atoms with van der Waals surface area (Å²) in [6, 6.07) is -0.773. The van der Waals surface area contributed by atoms with Gasteiger partial charge in [0.25, 0.3) is 0 Å². The molecule has 9 nitrogen and oxygen atoms in total. The van der Waals surface area contributed by atoms with Crippen molar-refractivity contribution in [1.82, 2.24) is 10.5 Å². The van der Waals surface area contributed by atoms with Crippen LogP contribution >= 0.6 is 0 Å². The van der Waals surface area contributed by atoms with Gasteiger partial charge in [0.05, 0.1) is 32.7 Å². The SMILES string of the molecule is CB(O)NCC[N+](C)(CCBOC=N)CCC[C@H](NB(C)O)C(=O)O. The molecule has 0 aliphatic heterocycles. The summed E-state index contributed by atoms with van der Waals surface area (Å²) in [7, 11) is 1.13. The number of nitrogens with zero attached hydrogens (tertiary/aromatic N) is 1. The lowest BCUT2D eigenvalue weighted by atomic mass is 9.86. The lowest BCUT2D eigenvalue weighted by Crippen LogP contribution is -2.51. The topological polar surface area (TPSA) is 135 Å². The number of hydrogen-bond donors (Lipinski definition) is 6. The summed E-state index contributed by atoms with van der Waals surface area (Å²) in [6.07, 6.45) is 2.83. The molecule has 0 aromatic rings. The number of aliphatic carboxylic acids is 1. The molecule has 25 heavy (non-hydrogen) atoms. The standard InChI is InChI=1S/C13H31B3N4O5/c1-15(23)18-7-10-20(3,9-6-14-25-11-17)8-4-5-12(13(21)22)19-16(2)24/h11-12,14,17-19,23-24H,4-10H2,1-3H3/p+1/t12-,20?/m0/s1. The van der Waals surface area contributed by atoms with Gasteiger partial charge < -0.3 is 34.7 Å². The summed E-state index contributed by atoms with van der Waals surface area (Å²) < 4.78 is 5.66. The van der Waals surface area contributed by atoms with Gasteiger partial charge in [-0.1, -0.05) is 0 Å². The summed E-state index contributed by atoms with van der Waals surface area (Å²) >= 11 is 0. The van der Waals surface area contributed by atoms with Gasteiger partial charge in [-0.25, -0.2) is 0 Å². The molecule has 0 spiro atoms. The molecule has 0 aromatic heterocycles. The Hall–Kier alpha value is -1.07. The van der Waals surface area contributed by atoms with Crippen LogP contribution in [0.1, 0.15) is 12.8 Å². The van der Waals surface area contributed by atoms with Crippen molar-refractivity contribution < 1.29 is 29.1 Å². The minimum absolute atomic E-state index is 0.425. The minimum atomic E-state index is -0.967. The van der Waals surface area contributed by atoms with Crippen molar-refractivity contribution in [2.24, 2.45) is 0 Å². The summed E-state index contributed by atoms with van der Waals surface area (Å²) in [6.45, 7) is 6.21. The quantitative estimate of drug-likeness (QED) is 0.0648. The van der Waals surface area contributed by atoms with Crippen LogP contribution < -0.4 is 10.5 Å². The van der Waals surface area contributed by atoms with E-state index in [-0.39, 0.29) is 0 Å². The molecule has 0 saturated carbocycles. The number of carboxylic acid groups (broad SMARTS) is 1. The van der Waals surface area contributed by atoms with Crippen LogP contribution in [-0.4, -0.2) is 92.9 Å². The predicted molar refractivity (Wildman–Crippen MR) is 102 cm³/mol. The maximum atomic E-state index is 11.2. The zero-order valence-corrected chi connectivity index (χ0v) is 15.6. The number of carboxylic acids is 1. The molecular weight excluding hydrogens is 325 g/mol. The van der Waals surface area contributed by atoms with Crippen LogP contribution in [-0.2, 0) is 9.45 Å². The lowest BCUT2D eigenvalue weighted by Gasteiger charge is -2.35. The van der Waals surface area contributed by atoms with E-state index in [1.165, 1.54) is 6.82 Å². The van der Waals surface area contributed by atoms with E-state index >= 15 is 0 Å². The summed E-state index contributed by atoms with van der Waals surface area (Å²) in [5.41, 5.74) is 0.